The summed E-state index contributed by atoms with van der Waals surface area (Å²) < 4.78 is 24.8. The molecule has 2 heterocycles. The summed E-state index contributed by atoms with van der Waals surface area (Å²) in [5, 5.41) is 12.4. The molecule has 1 saturated carbocycles. The summed E-state index contributed by atoms with van der Waals surface area (Å²) in [6.45, 7) is 2.51. The van der Waals surface area contributed by atoms with E-state index in [1.165, 1.54) is 17.0 Å². The van der Waals surface area contributed by atoms with Crippen molar-refractivity contribution >= 4 is 17.2 Å². The topological polar surface area (TPSA) is 62.2 Å². The molecule has 1 aliphatic carbocycles. The Morgan fingerprint density at radius 1 is 1.38 bits per heavy atom. The minimum atomic E-state index is -0.711. The van der Waals surface area contributed by atoms with E-state index < -0.39 is 6.10 Å². The van der Waals surface area contributed by atoms with Crippen LogP contribution >= 0.6 is 11.3 Å². The second kappa shape index (κ2) is 11.8. The molecule has 4 rings (SSSR count). The number of amides is 1. The van der Waals surface area contributed by atoms with Crippen molar-refractivity contribution in [2.45, 2.75) is 31.4 Å². The molecule has 1 fully saturated rings. The van der Waals surface area contributed by atoms with E-state index in [1.54, 1.807) is 23.5 Å². The summed E-state index contributed by atoms with van der Waals surface area (Å²) in [6, 6.07) is 7.86. The van der Waals surface area contributed by atoms with Crippen LogP contribution in [0.4, 0.5) is 4.39 Å². The molecular weight excluding hydrogens is 455 g/mol. The fourth-order valence-corrected chi connectivity index (χ4v) is 5.29. The van der Waals surface area contributed by atoms with Crippen LogP contribution in [-0.2, 0) is 16.0 Å². The van der Waals surface area contributed by atoms with E-state index in [0.29, 0.717) is 24.8 Å². The SMILES string of the molecule is C#CCOCC(O)CN(CC(=O)N1CCc2sccc2C1COc1cccc(F)c1)CC1CC1. The van der Waals surface area contributed by atoms with Crippen molar-refractivity contribution in [1.82, 2.24) is 9.80 Å². The molecule has 1 N–H and O–H groups in total. The van der Waals surface area contributed by atoms with Crippen LogP contribution in [0.5, 0.6) is 5.75 Å². The van der Waals surface area contributed by atoms with Crippen molar-refractivity contribution in [2.24, 2.45) is 5.92 Å². The first-order valence-corrected chi connectivity index (χ1v) is 12.6. The first-order valence-electron chi connectivity index (χ1n) is 11.7. The quantitative estimate of drug-likeness (QED) is 0.369. The molecule has 0 radical (unpaired) electrons. The van der Waals surface area contributed by atoms with Crippen molar-refractivity contribution in [3.05, 3.63) is 52.0 Å². The predicted molar refractivity (Wildman–Crippen MR) is 129 cm³/mol. The number of aliphatic hydroxyl groups excluding tert-OH is 1. The number of halogens is 1. The van der Waals surface area contributed by atoms with Gasteiger partial charge in [-0.2, -0.15) is 0 Å². The van der Waals surface area contributed by atoms with Gasteiger partial charge in [-0.25, -0.2) is 4.39 Å². The standard InChI is InChI=1S/C26H31FN2O4S/c1-2-11-32-17-21(30)15-28(14-19-6-7-19)16-26(31)29-10-8-25-23(9-12-34-25)24(29)18-33-22-5-3-4-20(27)13-22/h1,3-5,9,12-13,19,21,24,30H,6-8,10-11,14-18H2. The van der Waals surface area contributed by atoms with E-state index in [4.69, 9.17) is 15.9 Å². The summed E-state index contributed by atoms with van der Waals surface area (Å²) in [6.07, 6.45) is 7.60. The number of hydrogen-bond acceptors (Lipinski definition) is 6. The Bertz CT molecular complexity index is 1000. The van der Waals surface area contributed by atoms with E-state index in [-0.39, 0.29) is 44.1 Å². The molecule has 34 heavy (non-hydrogen) atoms. The van der Waals surface area contributed by atoms with Crippen LogP contribution in [0.2, 0.25) is 0 Å². The number of ether oxygens (including phenoxy) is 2. The largest absolute Gasteiger partial charge is 0.491 e. The maximum atomic E-state index is 13.6. The molecule has 8 heteroatoms. The molecule has 2 aromatic rings. The van der Waals surface area contributed by atoms with Gasteiger partial charge >= 0.3 is 0 Å². The number of rotatable bonds is 12. The summed E-state index contributed by atoms with van der Waals surface area (Å²) in [5.41, 5.74) is 1.09. The molecule has 6 nitrogen and oxygen atoms in total. The van der Waals surface area contributed by atoms with E-state index in [9.17, 15) is 14.3 Å². The molecule has 1 aromatic heterocycles. The van der Waals surface area contributed by atoms with Crippen molar-refractivity contribution in [3.63, 3.8) is 0 Å². The van der Waals surface area contributed by atoms with Crippen molar-refractivity contribution in [3.8, 4) is 18.1 Å². The Balaban J connectivity index is 1.42. The molecule has 1 aliphatic heterocycles. The molecule has 182 valence electrons. The number of terminal acetylenes is 1. The lowest BCUT2D eigenvalue weighted by Crippen LogP contribution is -2.48. The minimum absolute atomic E-state index is 0.00193. The van der Waals surface area contributed by atoms with Gasteiger partial charge in [0.15, 0.2) is 0 Å². The smallest absolute Gasteiger partial charge is 0.237 e. The highest BCUT2D eigenvalue weighted by atomic mass is 32.1. The number of hydrogen-bond donors (Lipinski definition) is 1. The predicted octanol–water partition coefficient (Wildman–Crippen LogP) is 3.11. The van der Waals surface area contributed by atoms with Gasteiger partial charge in [-0.15, -0.1) is 17.8 Å². The number of carbonyl (C=O) groups excluding carboxylic acids is 1. The number of fused-ring (bicyclic) bond motifs is 1. The van der Waals surface area contributed by atoms with Crippen LogP contribution in [0.15, 0.2) is 35.7 Å². The third kappa shape index (κ3) is 6.80. The summed E-state index contributed by atoms with van der Waals surface area (Å²) in [5.74, 6) is 3.06. The van der Waals surface area contributed by atoms with E-state index in [1.807, 2.05) is 21.2 Å². The first-order chi connectivity index (χ1) is 16.5. The maximum Gasteiger partial charge on any atom is 0.237 e. The molecule has 2 aliphatic rings. The fraction of sp³-hybridized carbons (Fsp3) is 0.500. The van der Waals surface area contributed by atoms with Gasteiger partial charge in [-0.05, 0) is 54.3 Å². The molecule has 2 unspecified atom stereocenters. The van der Waals surface area contributed by atoms with Crippen LogP contribution in [-0.4, -0.2) is 72.9 Å². The number of aliphatic hydroxyl groups is 1. The summed E-state index contributed by atoms with van der Waals surface area (Å²) >= 11 is 1.69. The number of thiophene rings is 1. The van der Waals surface area contributed by atoms with Gasteiger partial charge in [0.25, 0.3) is 0 Å². The maximum absolute atomic E-state index is 13.6. The van der Waals surface area contributed by atoms with Crippen molar-refractivity contribution < 1.29 is 23.8 Å². The number of nitrogens with zero attached hydrogens (tertiary/aromatic N) is 2. The Morgan fingerprint density at radius 2 is 2.24 bits per heavy atom. The van der Waals surface area contributed by atoms with Crippen LogP contribution < -0.4 is 4.74 Å². The van der Waals surface area contributed by atoms with Gasteiger partial charge in [0, 0.05) is 30.6 Å². The zero-order valence-electron chi connectivity index (χ0n) is 19.2. The molecule has 2 atom stereocenters. The van der Waals surface area contributed by atoms with Crippen molar-refractivity contribution in [2.75, 3.05) is 46.0 Å². The Labute approximate surface area is 204 Å². The van der Waals surface area contributed by atoms with Crippen LogP contribution in [0.3, 0.4) is 0 Å². The molecule has 0 bridgehead atoms. The van der Waals surface area contributed by atoms with Crippen LogP contribution in [0.25, 0.3) is 0 Å². The zero-order chi connectivity index (χ0) is 23.9. The van der Waals surface area contributed by atoms with Crippen LogP contribution in [0, 0.1) is 24.1 Å². The Morgan fingerprint density at radius 3 is 3.00 bits per heavy atom. The lowest BCUT2D eigenvalue weighted by molar-refractivity contribution is -0.136. The molecular formula is C26H31FN2O4S. The highest BCUT2D eigenvalue weighted by molar-refractivity contribution is 7.10. The van der Waals surface area contributed by atoms with Gasteiger partial charge in [-0.3, -0.25) is 9.69 Å². The van der Waals surface area contributed by atoms with Crippen LogP contribution in [0.1, 0.15) is 29.3 Å². The minimum Gasteiger partial charge on any atom is -0.491 e. The summed E-state index contributed by atoms with van der Waals surface area (Å²) in [4.78, 5) is 18.6. The molecule has 1 aromatic carbocycles. The molecule has 1 amide bonds. The average molecular weight is 487 g/mol. The second-order valence-electron chi connectivity index (χ2n) is 8.93. The summed E-state index contributed by atoms with van der Waals surface area (Å²) in [7, 11) is 0. The van der Waals surface area contributed by atoms with Gasteiger partial charge < -0.3 is 19.5 Å². The number of carbonyl (C=O) groups is 1. The second-order valence-corrected chi connectivity index (χ2v) is 9.93. The van der Waals surface area contributed by atoms with Gasteiger partial charge in [0.05, 0.1) is 25.3 Å². The third-order valence-electron chi connectivity index (χ3n) is 6.16. The van der Waals surface area contributed by atoms with E-state index >= 15 is 0 Å². The Hall–Kier alpha value is -2.44. The fourth-order valence-electron chi connectivity index (χ4n) is 4.36. The Kier molecular flexibility index (Phi) is 8.57. The number of benzene rings is 1. The normalized spacial score (nSPS) is 18.4. The van der Waals surface area contributed by atoms with Gasteiger partial charge in [0.2, 0.25) is 5.91 Å². The molecule has 0 saturated heterocycles. The van der Waals surface area contributed by atoms with Gasteiger partial charge in [-0.1, -0.05) is 12.0 Å². The lowest BCUT2D eigenvalue weighted by Gasteiger charge is -2.37. The average Bonchev–Trinajstić information content (AvgIpc) is 3.49. The van der Waals surface area contributed by atoms with E-state index in [0.717, 1.165) is 31.4 Å². The third-order valence-corrected chi connectivity index (χ3v) is 7.15. The zero-order valence-corrected chi connectivity index (χ0v) is 20.0. The highest BCUT2D eigenvalue weighted by Gasteiger charge is 2.34. The van der Waals surface area contributed by atoms with E-state index in [2.05, 4.69) is 5.92 Å². The lowest BCUT2D eigenvalue weighted by atomic mass is 10.0. The monoisotopic (exact) mass is 486 g/mol. The first kappa shape index (κ1) is 24.7. The van der Waals surface area contributed by atoms with Gasteiger partial charge in [0.1, 0.15) is 24.8 Å². The van der Waals surface area contributed by atoms with Crippen molar-refractivity contribution in [1.29, 1.82) is 0 Å². The molecule has 0 spiro atoms. The highest BCUT2D eigenvalue weighted by Crippen LogP contribution is 2.34.